The first kappa shape index (κ1) is 24.7. The molecule has 0 radical (unpaired) electrons. The average Bonchev–Trinajstić information content (AvgIpc) is 3.22. The molecule has 8 heteroatoms. The van der Waals surface area contributed by atoms with Crippen LogP contribution in [0.15, 0.2) is 66.7 Å². The van der Waals surface area contributed by atoms with E-state index in [2.05, 4.69) is 27.7 Å². The van der Waals surface area contributed by atoms with Crippen LogP contribution in [-0.4, -0.2) is 48.2 Å². The number of ether oxygens (including phenoxy) is 1. The van der Waals surface area contributed by atoms with Crippen LogP contribution in [-0.2, 0) is 27.3 Å². The van der Waals surface area contributed by atoms with Crippen LogP contribution in [0, 0.1) is 5.82 Å². The van der Waals surface area contributed by atoms with Gasteiger partial charge in [-0.25, -0.2) is 4.39 Å². The van der Waals surface area contributed by atoms with E-state index in [9.17, 15) is 14.0 Å². The molecule has 1 saturated heterocycles. The van der Waals surface area contributed by atoms with Gasteiger partial charge in [0.05, 0.1) is 30.2 Å². The summed E-state index contributed by atoms with van der Waals surface area (Å²) >= 11 is 0. The summed E-state index contributed by atoms with van der Waals surface area (Å²) in [5.41, 5.74) is 5.56. The third kappa shape index (κ3) is 5.87. The van der Waals surface area contributed by atoms with Crippen molar-refractivity contribution in [3.8, 4) is 0 Å². The summed E-state index contributed by atoms with van der Waals surface area (Å²) in [7, 11) is 0. The summed E-state index contributed by atoms with van der Waals surface area (Å²) in [4.78, 5) is 26.5. The first-order valence-electron chi connectivity index (χ1n) is 12.3. The summed E-state index contributed by atoms with van der Waals surface area (Å²) in [6, 6.07) is 19.8. The monoisotopic (exact) mass is 501 g/mol. The molecule has 2 aliphatic rings. The van der Waals surface area contributed by atoms with E-state index in [0.29, 0.717) is 28.9 Å². The molecule has 0 aromatic heterocycles. The van der Waals surface area contributed by atoms with Crippen LogP contribution in [0.25, 0.3) is 11.3 Å². The van der Waals surface area contributed by atoms with Crippen molar-refractivity contribution in [2.24, 2.45) is 0 Å². The highest BCUT2D eigenvalue weighted by Crippen LogP contribution is 2.38. The highest BCUT2D eigenvalue weighted by molar-refractivity contribution is 6.37. The number of morpholine rings is 1. The number of carboxylic acids is 1. The fraction of sp³-hybridized carbons (Fsp3) is 0.241. The number of amides is 1. The minimum atomic E-state index is -0.870. The lowest BCUT2D eigenvalue weighted by Gasteiger charge is -2.26. The maximum absolute atomic E-state index is 13.9. The maximum atomic E-state index is 13.9. The average molecular weight is 502 g/mol. The third-order valence-corrected chi connectivity index (χ3v) is 6.55. The fourth-order valence-corrected chi connectivity index (χ4v) is 4.66. The highest BCUT2D eigenvalue weighted by Gasteiger charge is 2.29. The number of carbonyl (C=O) groups is 2. The molecule has 190 valence electrons. The minimum Gasteiger partial charge on any atom is -0.481 e. The molecule has 2 heterocycles. The molecule has 3 N–H and O–H groups in total. The molecular weight excluding hydrogens is 473 g/mol. The molecule has 0 atom stereocenters. The summed E-state index contributed by atoms with van der Waals surface area (Å²) < 4.78 is 19.3. The van der Waals surface area contributed by atoms with Gasteiger partial charge in [-0.2, -0.15) is 0 Å². The number of carbonyl (C=O) groups excluding carboxylic acids is 1. The van der Waals surface area contributed by atoms with Gasteiger partial charge in [-0.3, -0.25) is 14.5 Å². The van der Waals surface area contributed by atoms with Crippen molar-refractivity contribution in [3.63, 3.8) is 0 Å². The highest BCUT2D eigenvalue weighted by atomic mass is 19.1. The van der Waals surface area contributed by atoms with E-state index in [1.54, 1.807) is 6.07 Å². The molecule has 3 aromatic rings. The Balaban J connectivity index is 1.49. The number of rotatable bonds is 8. The Morgan fingerprint density at radius 2 is 1.81 bits per heavy atom. The van der Waals surface area contributed by atoms with Gasteiger partial charge in [0.2, 0.25) is 0 Å². The van der Waals surface area contributed by atoms with E-state index in [0.717, 1.165) is 49.7 Å². The SMILES string of the molecule is O=C(O)CCc1cccc(C(Nc2ccc(CN3CCOCC3)cc2)=C2C(=O)Nc3cc(F)ccc32)c1. The Bertz CT molecular complexity index is 1350. The Morgan fingerprint density at radius 1 is 1.03 bits per heavy atom. The van der Waals surface area contributed by atoms with Crippen molar-refractivity contribution in [1.82, 2.24) is 4.90 Å². The number of nitrogens with one attached hydrogen (secondary N) is 2. The summed E-state index contributed by atoms with van der Waals surface area (Å²) in [6.07, 6.45) is 0.381. The van der Waals surface area contributed by atoms with Gasteiger partial charge < -0.3 is 20.5 Å². The quantitative estimate of drug-likeness (QED) is 0.391. The van der Waals surface area contributed by atoms with Crippen molar-refractivity contribution in [1.29, 1.82) is 0 Å². The molecule has 3 aromatic carbocycles. The first-order chi connectivity index (χ1) is 18.0. The zero-order valence-corrected chi connectivity index (χ0v) is 20.3. The van der Waals surface area contributed by atoms with Gasteiger partial charge in [0.1, 0.15) is 5.82 Å². The number of carboxylic acid groups (broad SMARTS) is 1. The van der Waals surface area contributed by atoms with Gasteiger partial charge in [0, 0.05) is 37.3 Å². The predicted octanol–water partition coefficient (Wildman–Crippen LogP) is 4.61. The molecule has 0 aliphatic carbocycles. The molecule has 1 amide bonds. The molecule has 0 spiro atoms. The maximum Gasteiger partial charge on any atom is 0.303 e. The van der Waals surface area contributed by atoms with Crippen molar-refractivity contribution >= 4 is 34.5 Å². The van der Waals surface area contributed by atoms with Gasteiger partial charge in [-0.05, 0) is 59.5 Å². The zero-order chi connectivity index (χ0) is 25.8. The van der Waals surface area contributed by atoms with E-state index in [1.807, 2.05) is 36.4 Å². The smallest absolute Gasteiger partial charge is 0.303 e. The van der Waals surface area contributed by atoms with Crippen molar-refractivity contribution in [2.45, 2.75) is 19.4 Å². The lowest BCUT2D eigenvalue weighted by atomic mass is 9.97. The van der Waals surface area contributed by atoms with E-state index >= 15 is 0 Å². The molecule has 7 nitrogen and oxygen atoms in total. The molecule has 37 heavy (non-hydrogen) atoms. The number of aryl methyl sites for hydroxylation is 1. The molecule has 1 fully saturated rings. The minimum absolute atomic E-state index is 0.00991. The number of aliphatic carboxylic acids is 1. The number of benzene rings is 3. The summed E-state index contributed by atoms with van der Waals surface area (Å²) in [5.74, 6) is -1.63. The lowest BCUT2D eigenvalue weighted by Crippen LogP contribution is -2.35. The van der Waals surface area contributed by atoms with Gasteiger partial charge in [0.25, 0.3) is 5.91 Å². The Labute approximate surface area is 214 Å². The Morgan fingerprint density at radius 3 is 2.57 bits per heavy atom. The van der Waals surface area contributed by atoms with Crippen LogP contribution in [0.3, 0.4) is 0 Å². The Kier molecular flexibility index (Phi) is 7.30. The van der Waals surface area contributed by atoms with Crippen LogP contribution < -0.4 is 10.6 Å². The third-order valence-electron chi connectivity index (χ3n) is 6.55. The van der Waals surface area contributed by atoms with Crippen LogP contribution in [0.4, 0.5) is 15.8 Å². The zero-order valence-electron chi connectivity index (χ0n) is 20.3. The van der Waals surface area contributed by atoms with E-state index in [4.69, 9.17) is 9.84 Å². The summed E-state index contributed by atoms with van der Waals surface area (Å²) in [6.45, 7) is 4.14. The van der Waals surface area contributed by atoms with Crippen LogP contribution in [0.1, 0.15) is 28.7 Å². The van der Waals surface area contributed by atoms with Crippen molar-refractivity contribution in [3.05, 3.63) is 94.8 Å². The first-order valence-corrected chi connectivity index (χ1v) is 12.3. The second kappa shape index (κ2) is 10.9. The normalized spacial score (nSPS) is 16.7. The van der Waals surface area contributed by atoms with Crippen LogP contribution in [0.5, 0.6) is 0 Å². The summed E-state index contributed by atoms with van der Waals surface area (Å²) in [5, 5.41) is 15.3. The molecule has 0 unspecified atom stereocenters. The number of hydrogen-bond acceptors (Lipinski definition) is 5. The van der Waals surface area contributed by atoms with Crippen LogP contribution >= 0.6 is 0 Å². The Hall–Kier alpha value is -4.01. The number of fused-ring (bicyclic) bond motifs is 1. The van der Waals surface area contributed by atoms with Gasteiger partial charge in [-0.15, -0.1) is 0 Å². The number of anilines is 2. The number of halogens is 1. The number of hydrogen-bond donors (Lipinski definition) is 3. The second-order valence-electron chi connectivity index (χ2n) is 9.20. The standard InChI is InChI=1S/C29H28FN3O4/c30-22-7-10-24-25(17-22)32-29(36)27(24)28(21-3-1-2-19(16-21)6-11-26(34)35)31-23-8-4-20(5-9-23)18-33-12-14-37-15-13-33/h1-5,7-10,16-17,31H,6,11-15,18H2,(H,32,36)(H,34,35). The fourth-order valence-electron chi connectivity index (χ4n) is 4.66. The largest absolute Gasteiger partial charge is 0.481 e. The molecule has 2 aliphatic heterocycles. The van der Waals surface area contributed by atoms with E-state index < -0.39 is 11.8 Å². The number of nitrogens with zero attached hydrogens (tertiary/aromatic N) is 1. The van der Waals surface area contributed by atoms with Crippen molar-refractivity contribution in [2.75, 3.05) is 36.9 Å². The van der Waals surface area contributed by atoms with E-state index in [-0.39, 0.29) is 12.3 Å². The lowest BCUT2D eigenvalue weighted by molar-refractivity contribution is -0.137. The topological polar surface area (TPSA) is 90.9 Å². The van der Waals surface area contributed by atoms with Crippen molar-refractivity contribution < 1.29 is 23.8 Å². The predicted molar refractivity (Wildman–Crippen MR) is 140 cm³/mol. The molecular formula is C29H28FN3O4. The van der Waals surface area contributed by atoms with E-state index in [1.165, 1.54) is 17.7 Å². The van der Waals surface area contributed by atoms with Gasteiger partial charge in [0.15, 0.2) is 0 Å². The van der Waals surface area contributed by atoms with Gasteiger partial charge in [-0.1, -0.05) is 30.3 Å². The molecule has 0 bridgehead atoms. The molecule has 0 saturated carbocycles. The van der Waals surface area contributed by atoms with Gasteiger partial charge >= 0.3 is 5.97 Å². The van der Waals surface area contributed by atoms with Crippen LogP contribution in [0.2, 0.25) is 0 Å². The molecule has 5 rings (SSSR count). The second-order valence-corrected chi connectivity index (χ2v) is 9.20.